The lowest BCUT2D eigenvalue weighted by molar-refractivity contribution is -0.141. The number of thiazole rings is 1. The third-order valence-corrected chi connectivity index (χ3v) is 6.25. The Hall–Kier alpha value is -1.91. The summed E-state index contributed by atoms with van der Waals surface area (Å²) in [6, 6.07) is 5.27. The molecule has 1 aromatic carbocycles. The number of nitrogens with one attached hydrogen (secondary N) is 1. The average Bonchev–Trinajstić information content (AvgIpc) is 3.41. The maximum absolute atomic E-state index is 12.7. The fraction of sp³-hybridized carbons (Fsp3) is 0.500. The summed E-state index contributed by atoms with van der Waals surface area (Å²) in [5.41, 5.74) is -0.752. The van der Waals surface area contributed by atoms with Gasteiger partial charge in [-0.1, -0.05) is 18.7 Å². The van der Waals surface area contributed by atoms with Crippen molar-refractivity contribution in [2.45, 2.75) is 44.6 Å². The van der Waals surface area contributed by atoms with E-state index in [0.717, 1.165) is 37.0 Å². The van der Waals surface area contributed by atoms with Crippen molar-refractivity contribution in [3.63, 3.8) is 0 Å². The van der Waals surface area contributed by atoms with Crippen molar-refractivity contribution >= 4 is 17.4 Å². The highest BCUT2D eigenvalue weighted by atomic mass is 32.1. The fourth-order valence-electron chi connectivity index (χ4n) is 3.24. The molecule has 1 aromatic heterocycles. The van der Waals surface area contributed by atoms with Crippen LogP contribution in [0.4, 0.5) is 26.3 Å². The first-order valence-electron chi connectivity index (χ1n) is 10.2. The Labute approximate surface area is 188 Å². The molecule has 1 unspecified atom stereocenters. The number of rotatable bonds is 6. The molecule has 1 aliphatic heterocycles. The van der Waals surface area contributed by atoms with E-state index in [1.807, 2.05) is 6.92 Å². The van der Waals surface area contributed by atoms with Gasteiger partial charge in [0, 0.05) is 19.0 Å². The molecule has 0 radical (unpaired) electrons. The van der Waals surface area contributed by atoms with Gasteiger partial charge >= 0.3 is 12.4 Å². The van der Waals surface area contributed by atoms with Gasteiger partial charge in [-0.05, 0) is 63.7 Å². The van der Waals surface area contributed by atoms with E-state index in [4.69, 9.17) is 0 Å². The van der Waals surface area contributed by atoms with Gasteiger partial charge in [0.05, 0.1) is 15.4 Å². The molecule has 3 nitrogen and oxygen atoms in total. The SMILES string of the molecule is C=Cc1sc(CCN2CCCC2)nc1C(F)(F)F.CNC(C)c1cccc(C(F)(F)F)c1. The van der Waals surface area contributed by atoms with Gasteiger partial charge in [-0.2, -0.15) is 26.3 Å². The van der Waals surface area contributed by atoms with Crippen LogP contribution in [0.15, 0.2) is 30.8 Å². The molecule has 1 fully saturated rings. The van der Waals surface area contributed by atoms with Gasteiger partial charge in [-0.25, -0.2) is 4.98 Å². The number of aromatic nitrogens is 1. The maximum atomic E-state index is 12.7. The zero-order valence-corrected chi connectivity index (χ0v) is 18.8. The van der Waals surface area contributed by atoms with E-state index < -0.39 is 23.6 Å². The third-order valence-electron chi connectivity index (χ3n) is 5.14. The second-order valence-electron chi connectivity index (χ2n) is 7.45. The van der Waals surface area contributed by atoms with Gasteiger partial charge in [-0.3, -0.25) is 0 Å². The minimum absolute atomic E-state index is 0.0719. The molecule has 1 atom stereocenters. The molecule has 1 saturated heterocycles. The molecule has 0 saturated carbocycles. The van der Waals surface area contributed by atoms with Crippen molar-refractivity contribution in [1.82, 2.24) is 15.2 Å². The van der Waals surface area contributed by atoms with Gasteiger partial charge < -0.3 is 10.2 Å². The van der Waals surface area contributed by atoms with Crippen molar-refractivity contribution in [2.75, 3.05) is 26.7 Å². The Morgan fingerprint density at radius 3 is 2.31 bits per heavy atom. The topological polar surface area (TPSA) is 28.2 Å². The number of nitrogens with zero attached hydrogens (tertiary/aromatic N) is 2. The van der Waals surface area contributed by atoms with Crippen LogP contribution < -0.4 is 5.32 Å². The molecule has 1 N–H and O–H groups in total. The summed E-state index contributed by atoms with van der Waals surface area (Å²) in [4.78, 5) is 6.10. The predicted molar refractivity (Wildman–Crippen MR) is 116 cm³/mol. The summed E-state index contributed by atoms with van der Waals surface area (Å²) >= 11 is 1.09. The van der Waals surface area contributed by atoms with Crippen LogP contribution in [0, 0.1) is 0 Å². The largest absolute Gasteiger partial charge is 0.434 e. The number of likely N-dealkylation sites (tertiary alicyclic amines) is 1. The highest BCUT2D eigenvalue weighted by Crippen LogP contribution is 2.35. The van der Waals surface area contributed by atoms with E-state index in [2.05, 4.69) is 21.8 Å². The van der Waals surface area contributed by atoms with Crippen LogP contribution in [0.1, 0.15) is 52.5 Å². The Kier molecular flexibility index (Phi) is 9.29. The first-order valence-corrected chi connectivity index (χ1v) is 11.0. The summed E-state index contributed by atoms with van der Waals surface area (Å²) in [7, 11) is 1.71. The lowest BCUT2D eigenvalue weighted by Crippen LogP contribution is -2.21. The predicted octanol–water partition coefficient (Wildman–Crippen LogP) is 6.43. The van der Waals surface area contributed by atoms with Gasteiger partial charge in [0.2, 0.25) is 0 Å². The summed E-state index contributed by atoms with van der Waals surface area (Å²) in [6.45, 7) is 8.12. The van der Waals surface area contributed by atoms with E-state index in [9.17, 15) is 26.3 Å². The molecule has 0 aliphatic carbocycles. The Morgan fingerprint density at radius 2 is 1.81 bits per heavy atom. The number of halogens is 6. The van der Waals surface area contributed by atoms with Gasteiger partial charge in [0.1, 0.15) is 0 Å². The molecule has 1 aliphatic rings. The van der Waals surface area contributed by atoms with Crippen molar-refractivity contribution < 1.29 is 26.3 Å². The normalized spacial score (nSPS) is 15.9. The first kappa shape index (κ1) is 26.3. The molecule has 2 heterocycles. The summed E-state index contributed by atoms with van der Waals surface area (Å²) in [5.74, 6) is 0. The molecule has 32 heavy (non-hydrogen) atoms. The van der Waals surface area contributed by atoms with Crippen LogP contribution in [0.5, 0.6) is 0 Å². The summed E-state index contributed by atoms with van der Waals surface area (Å²) in [5, 5.41) is 3.44. The van der Waals surface area contributed by atoms with Gasteiger partial charge in [0.25, 0.3) is 0 Å². The van der Waals surface area contributed by atoms with Crippen LogP contribution in [0.25, 0.3) is 6.08 Å². The maximum Gasteiger partial charge on any atom is 0.434 e. The highest BCUT2D eigenvalue weighted by Gasteiger charge is 2.36. The Balaban J connectivity index is 0.000000235. The molecule has 0 bridgehead atoms. The van der Waals surface area contributed by atoms with E-state index in [-0.39, 0.29) is 10.9 Å². The van der Waals surface area contributed by atoms with Crippen LogP contribution in [-0.2, 0) is 18.8 Å². The highest BCUT2D eigenvalue weighted by molar-refractivity contribution is 7.12. The number of benzene rings is 1. The lowest BCUT2D eigenvalue weighted by Gasteiger charge is -2.13. The van der Waals surface area contributed by atoms with Gasteiger partial charge in [0.15, 0.2) is 5.69 Å². The van der Waals surface area contributed by atoms with Crippen LogP contribution in [-0.4, -0.2) is 36.6 Å². The smallest absolute Gasteiger partial charge is 0.313 e. The average molecular weight is 480 g/mol. The van der Waals surface area contributed by atoms with E-state index >= 15 is 0 Å². The minimum atomic E-state index is -4.38. The number of alkyl halides is 6. The van der Waals surface area contributed by atoms with Crippen molar-refractivity contribution in [1.29, 1.82) is 0 Å². The molecular formula is C22H27F6N3S. The standard InChI is InChI=1S/C12H15F3N2S.C10H12F3N/c1-2-9-11(12(13,14)15)16-10(18-9)5-8-17-6-3-4-7-17;1-7(14-2)8-4-3-5-9(6-8)10(11,12)13/h2H,1,3-8H2;3-7,14H,1-2H3. The monoisotopic (exact) mass is 479 g/mol. The second-order valence-corrected chi connectivity index (χ2v) is 8.57. The molecule has 0 spiro atoms. The van der Waals surface area contributed by atoms with E-state index in [0.29, 0.717) is 17.0 Å². The number of hydrogen-bond donors (Lipinski definition) is 1. The number of hydrogen-bond acceptors (Lipinski definition) is 4. The van der Waals surface area contributed by atoms with Crippen LogP contribution in [0.2, 0.25) is 0 Å². The first-order chi connectivity index (χ1) is 15.0. The Morgan fingerprint density at radius 1 is 1.16 bits per heavy atom. The van der Waals surface area contributed by atoms with Crippen molar-refractivity contribution in [3.05, 3.63) is 57.6 Å². The zero-order chi connectivity index (χ0) is 23.9. The minimum Gasteiger partial charge on any atom is -0.313 e. The zero-order valence-electron chi connectivity index (χ0n) is 18.0. The van der Waals surface area contributed by atoms with Crippen LogP contribution >= 0.6 is 11.3 Å². The summed E-state index contributed by atoms with van der Waals surface area (Å²) < 4.78 is 75.0. The molecule has 10 heteroatoms. The summed E-state index contributed by atoms with van der Waals surface area (Å²) in [6.07, 6.45) is -4.45. The lowest BCUT2D eigenvalue weighted by atomic mass is 10.1. The van der Waals surface area contributed by atoms with Gasteiger partial charge in [-0.15, -0.1) is 11.3 Å². The van der Waals surface area contributed by atoms with Crippen molar-refractivity contribution in [3.8, 4) is 0 Å². The van der Waals surface area contributed by atoms with E-state index in [1.54, 1.807) is 13.1 Å². The molecule has 3 rings (SSSR count). The Bertz CT molecular complexity index is 869. The van der Waals surface area contributed by atoms with Crippen LogP contribution in [0.3, 0.4) is 0 Å². The van der Waals surface area contributed by atoms with Crippen molar-refractivity contribution in [2.24, 2.45) is 0 Å². The molecule has 2 aromatic rings. The fourth-order valence-corrected chi connectivity index (χ4v) is 4.16. The third kappa shape index (κ3) is 7.60. The molecule has 0 amide bonds. The quantitative estimate of drug-likeness (QED) is 0.484. The van der Waals surface area contributed by atoms with E-state index in [1.165, 1.54) is 31.1 Å². The molecule has 178 valence electrons. The second kappa shape index (κ2) is 11.3. The molecular weight excluding hydrogens is 452 g/mol.